The van der Waals surface area contributed by atoms with Gasteiger partial charge in [0, 0.05) is 11.8 Å². The van der Waals surface area contributed by atoms with Crippen LogP contribution >= 0.6 is 0 Å². The summed E-state index contributed by atoms with van der Waals surface area (Å²) in [5.41, 5.74) is 0.950. The van der Waals surface area contributed by atoms with Gasteiger partial charge in [0.05, 0.1) is 12.2 Å². The van der Waals surface area contributed by atoms with Crippen molar-refractivity contribution < 1.29 is 9.13 Å². The molecule has 1 aromatic heterocycles. The maximum absolute atomic E-state index is 13.5. The van der Waals surface area contributed by atoms with Gasteiger partial charge >= 0.3 is 0 Å². The lowest BCUT2D eigenvalue weighted by Crippen LogP contribution is -2.46. The van der Waals surface area contributed by atoms with Gasteiger partial charge in [0.25, 0.3) is 0 Å². The zero-order valence-electron chi connectivity index (χ0n) is 9.29. The largest absolute Gasteiger partial charge is 0.375 e. The predicted molar refractivity (Wildman–Crippen MR) is 58.7 cm³/mol. The van der Waals surface area contributed by atoms with Gasteiger partial charge in [-0.3, -0.25) is 0 Å². The number of nitrogens with zero attached hydrogens (tertiary/aromatic N) is 1. The van der Waals surface area contributed by atoms with Gasteiger partial charge in [0.2, 0.25) is 5.95 Å². The summed E-state index contributed by atoms with van der Waals surface area (Å²) >= 11 is 0. The van der Waals surface area contributed by atoms with Crippen molar-refractivity contribution >= 4 is 0 Å². The lowest BCUT2D eigenvalue weighted by atomic mass is 9.73. The van der Waals surface area contributed by atoms with Crippen molar-refractivity contribution in [3.8, 4) is 0 Å². The van der Waals surface area contributed by atoms with E-state index >= 15 is 0 Å². The van der Waals surface area contributed by atoms with E-state index in [1.807, 2.05) is 12.1 Å². The summed E-state index contributed by atoms with van der Waals surface area (Å²) < 4.78 is 19.2. The summed E-state index contributed by atoms with van der Waals surface area (Å²) in [6, 6.07) is 3.69. The van der Waals surface area contributed by atoms with E-state index < -0.39 is 0 Å². The van der Waals surface area contributed by atoms with Crippen LogP contribution in [0.25, 0.3) is 0 Å². The topological polar surface area (TPSA) is 22.1 Å². The lowest BCUT2D eigenvalue weighted by molar-refractivity contribution is -0.166. The van der Waals surface area contributed by atoms with E-state index in [1.54, 1.807) is 0 Å². The summed E-state index contributed by atoms with van der Waals surface area (Å²) in [7, 11) is 0. The molecule has 0 aromatic carbocycles. The molecule has 0 amide bonds. The highest BCUT2D eigenvalue weighted by Gasteiger charge is 2.42. The van der Waals surface area contributed by atoms with Gasteiger partial charge in [-0.2, -0.15) is 4.39 Å². The number of aromatic nitrogens is 1. The quantitative estimate of drug-likeness (QED) is 0.680. The second-order valence-corrected chi connectivity index (χ2v) is 4.94. The average Bonchev–Trinajstić information content (AvgIpc) is 2.28. The molecule has 0 radical (unpaired) electrons. The van der Waals surface area contributed by atoms with Crippen molar-refractivity contribution in [1.82, 2.24) is 4.98 Å². The van der Waals surface area contributed by atoms with Crippen LogP contribution in [-0.4, -0.2) is 17.2 Å². The fourth-order valence-electron chi connectivity index (χ4n) is 2.94. The normalized spacial score (nSPS) is 33.7. The smallest absolute Gasteiger partial charge is 0.216 e. The third-order valence-corrected chi connectivity index (χ3v) is 4.09. The number of rotatable bonds is 1. The van der Waals surface area contributed by atoms with E-state index in [-0.39, 0.29) is 11.5 Å². The predicted octanol–water partition coefficient (Wildman–Crippen LogP) is 3.04. The van der Waals surface area contributed by atoms with Crippen molar-refractivity contribution in [3.05, 3.63) is 29.8 Å². The highest BCUT2D eigenvalue weighted by atomic mass is 19.1. The summed E-state index contributed by atoms with van der Waals surface area (Å²) in [6.07, 6.45) is 6.91. The highest BCUT2D eigenvalue weighted by molar-refractivity contribution is 5.18. The highest BCUT2D eigenvalue weighted by Crippen LogP contribution is 2.45. The molecule has 2 aliphatic rings. The monoisotopic (exact) mass is 221 g/mol. The van der Waals surface area contributed by atoms with E-state index in [0.29, 0.717) is 5.92 Å². The van der Waals surface area contributed by atoms with Crippen LogP contribution in [0.3, 0.4) is 0 Å². The van der Waals surface area contributed by atoms with Gasteiger partial charge in [-0.15, -0.1) is 0 Å². The van der Waals surface area contributed by atoms with Gasteiger partial charge in [-0.1, -0.05) is 6.07 Å². The van der Waals surface area contributed by atoms with E-state index in [1.165, 1.54) is 12.6 Å². The SMILES string of the molecule is Fc1ncccc1C1CCC2(CCO2)CC1. The third-order valence-electron chi connectivity index (χ3n) is 4.09. The van der Waals surface area contributed by atoms with Crippen LogP contribution in [0.4, 0.5) is 4.39 Å². The first-order chi connectivity index (χ1) is 7.79. The molecule has 1 aliphatic heterocycles. The minimum Gasteiger partial charge on any atom is -0.375 e. The summed E-state index contributed by atoms with van der Waals surface area (Å²) in [5, 5.41) is 0. The fraction of sp³-hybridized carbons (Fsp3) is 0.615. The molecule has 2 fully saturated rings. The van der Waals surface area contributed by atoms with E-state index in [2.05, 4.69) is 4.98 Å². The third kappa shape index (κ3) is 1.63. The molecule has 3 heteroatoms. The molecule has 1 saturated carbocycles. The molecule has 0 N–H and O–H groups in total. The molecule has 1 saturated heterocycles. The summed E-state index contributed by atoms with van der Waals surface area (Å²) in [4.78, 5) is 3.73. The molecule has 2 nitrogen and oxygen atoms in total. The van der Waals surface area contributed by atoms with Crippen LogP contribution in [0.1, 0.15) is 43.6 Å². The molecular weight excluding hydrogens is 205 g/mol. The Balaban J connectivity index is 1.72. The second kappa shape index (κ2) is 3.81. The average molecular weight is 221 g/mol. The maximum Gasteiger partial charge on any atom is 0.216 e. The minimum absolute atomic E-state index is 0.162. The number of pyridine rings is 1. The number of hydrogen-bond acceptors (Lipinski definition) is 2. The summed E-state index contributed by atoms with van der Waals surface area (Å²) in [6.45, 7) is 0.909. The van der Waals surface area contributed by atoms with Gasteiger partial charge in [0.15, 0.2) is 0 Å². The van der Waals surface area contributed by atoms with Crippen LogP contribution in [0.2, 0.25) is 0 Å². The van der Waals surface area contributed by atoms with Crippen LogP contribution < -0.4 is 0 Å². The van der Waals surface area contributed by atoms with Crippen molar-refractivity contribution in [2.45, 2.75) is 43.6 Å². The molecular formula is C13H16FNO. The maximum atomic E-state index is 13.5. The van der Waals surface area contributed by atoms with E-state index in [4.69, 9.17) is 4.74 Å². The lowest BCUT2D eigenvalue weighted by Gasteiger charge is -2.46. The van der Waals surface area contributed by atoms with Gasteiger partial charge in [-0.05, 0) is 44.1 Å². The fourth-order valence-corrected chi connectivity index (χ4v) is 2.94. The molecule has 2 heterocycles. The number of ether oxygens (including phenoxy) is 1. The first-order valence-corrected chi connectivity index (χ1v) is 6.03. The van der Waals surface area contributed by atoms with Gasteiger partial charge < -0.3 is 4.74 Å². The standard InChI is InChI=1S/C13H16FNO/c14-12-11(2-1-8-15-12)10-3-5-13(6-4-10)7-9-16-13/h1-2,8,10H,3-7,9H2. The van der Waals surface area contributed by atoms with Crippen molar-refractivity contribution in [1.29, 1.82) is 0 Å². The Labute approximate surface area is 94.8 Å². The van der Waals surface area contributed by atoms with Crippen LogP contribution in [0, 0.1) is 5.95 Å². The van der Waals surface area contributed by atoms with E-state index in [0.717, 1.165) is 37.9 Å². The van der Waals surface area contributed by atoms with E-state index in [9.17, 15) is 4.39 Å². The van der Waals surface area contributed by atoms with Crippen LogP contribution in [-0.2, 0) is 4.74 Å². The Morgan fingerprint density at radius 1 is 1.31 bits per heavy atom. The molecule has 0 unspecified atom stereocenters. The van der Waals surface area contributed by atoms with Crippen LogP contribution in [0.15, 0.2) is 18.3 Å². The molecule has 1 aliphatic carbocycles. The second-order valence-electron chi connectivity index (χ2n) is 4.94. The number of halogens is 1. The molecule has 86 valence electrons. The number of hydrogen-bond donors (Lipinski definition) is 0. The van der Waals surface area contributed by atoms with Crippen molar-refractivity contribution in [2.24, 2.45) is 0 Å². The van der Waals surface area contributed by atoms with Crippen molar-refractivity contribution in [2.75, 3.05) is 6.61 Å². The molecule has 3 rings (SSSR count). The molecule has 0 bridgehead atoms. The van der Waals surface area contributed by atoms with Crippen molar-refractivity contribution in [3.63, 3.8) is 0 Å². The summed E-state index contributed by atoms with van der Waals surface area (Å²) in [5.74, 6) is 0.0431. The zero-order chi connectivity index (χ0) is 11.0. The Morgan fingerprint density at radius 2 is 2.06 bits per heavy atom. The minimum atomic E-state index is -0.294. The van der Waals surface area contributed by atoms with Gasteiger partial charge in [0.1, 0.15) is 0 Å². The molecule has 0 atom stereocenters. The Hall–Kier alpha value is -0.960. The Bertz CT molecular complexity index is 379. The first kappa shape index (κ1) is 10.2. The van der Waals surface area contributed by atoms with Gasteiger partial charge in [-0.25, -0.2) is 4.98 Å². The first-order valence-electron chi connectivity index (χ1n) is 6.03. The molecule has 1 aromatic rings. The van der Waals surface area contributed by atoms with Crippen LogP contribution in [0.5, 0.6) is 0 Å². The Morgan fingerprint density at radius 3 is 2.62 bits per heavy atom. The molecule has 1 spiro atoms. The Kier molecular flexibility index (Phi) is 2.43. The molecule has 16 heavy (non-hydrogen) atoms. The zero-order valence-corrected chi connectivity index (χ0v) is 9.29.